The lowest BCUT2D eigenvalue weighted by molar-refractivity contribution is 0.0959. The molecule has 0 bridgehead atoms. The lowest BCUT2D eigenvalue weighted by atomic mass is 9.95. The van der Waals surface area contributed by atoms with Crippen molar-refractivity contribution in [3.63, 3.8) is 0 Å². The molecule has 4 heterocycles. The number of nitrogens with zero attached hydrogens (tertiary/aromatic N) is 2. The van der Waals surface area contributed by atoms with Crippen molar-refractivity contribution in [2.75, 3.05) is 31.9 Å². The van der Waals surface area contributed by atoms with E-state index in [0.717, 1.165) is 48.4 Å². The van der Waals surface area contributed by atoms with Gasteiger partial charge in [-0.3, -0.25) is 9.79 Å². The van der Waals surface area contributed by atoms with E-state index in [-0.39, 0.29) is 5.91 Å². The molecule has 0 atom stereocenters. The van der Waals surface area contributed by atoms with Gasteiger partial charge in [0.15, 0.2) is 0 Å². The molecule has 6 nitrogen and oxygen atoms in total. The van der Waals surface area contributed by atoms with E-state index in [9.17, 15) is 4.79 Å². The topological polar surface area (TPSA) is 92.4 Å². The van der Waals surface area contributed by atoms with Gasteiger partial charge in [-0.1, -0.05) is 24.3 Å². The maximum Gasteiger partial charge on any atom is 0.263 e. The first-order valence-corrected chi connectivity index (χ1v) is 11.4. The Labute approximate surface area is 185 Å². The van der Waals surface area contributed by atoms with Crippen LogP contribution < -0.4 is 16.4 Å². The summed E-state index contributed by atoms with van der Waals surface area (Å²) in [5.41, 5.74) is 14.0. The number of carbonyl (C=O) groups is 1. The van der Waals surface area contributed by atoms with Crippen LogP contribution in [0.3, 0.4) is 0 Å². The molecule has 158 valence electrons. The fourth-order valence-corrected chi connectivity index (χ4v) is 5.25. The van der Waals surface area contributed by atoms with Crippen LogP contribution >= 0.6 is 11.3 Å². The largest absolute Gasteiger partial charge is 0.397 e. The van der Waals surface area contributed by atoms with E-state index in [1.54, 1.807) is 0 Å². The van der Waals surface area contributed by atoms with E-state index in [0.29, 0.717) is 17.1 Å². The minimum absolute atomic E-state index is 0.137. The zero-order valence-electron chi connectivity index (χ0n) is 17.5. The molecule has 3 aromatic rings. The number of anilines is 1. The predicted octanol–water partition coefficient (Wildman–Crippen LogP) is 3.36. The number of aliphatic imine (C=N–C) groups is 1. The summed E-state index contributed by atoms with van der Waals surface area (Å²) in [4.78, 5) is 23.2. The number of nitrogen functional groups attached to an aromatic ring is 1. The molecule has 5 rings (SSSR count). The van der Waals surface area contributed by atoms with Gasteiger partial charge in [-0.2, -0.15) is 0 Å². The van der Waals surface area contributed by atoms with E-state index in [1.807, 2.05) is 19.1 Å². The Morgan fingerprint density at radius 3 is 2.87 bits per heavy atom. The Kier molecular flexibility index (Phi) is 5.29. The minimum atomic E-state index is -0.137. The molecule has 1 aromatic carbocycles. The van der Waals surface area contributed by atoms with Crippen LogP contribution in [0.4, 0.5) is 5.69 Å². The van der Waals surface area contributed by atoms with Crippen LogP contribution in [0.5, 0.6) is 0 Å². The summed E-state index contributed by atoms with van der Waals surface area (Å²) in [5.74, 6) is -0.137. The first-order valence-electron chi connectivity index (χ1n) is 10.6. The third-order valence-corrected chi connectivity index (χ3v) is 7.04. The molecule has 1 fully saturated rings. The van der Waals surface area contributed by atoms with Crippen LogP contribution in [-0.4, -0.2) is 42.8 Å². The first kappa shape index (κ1) is 19.9. The lowest BCUT2D eigenvalue weighted by Gasteiger charge is -2.17. The number of benzene rings is 1. The summed E-state index contributed by atoms with van der Waals surface area (Å²) in [6.07, 6.45) is 1.79. The van der Waals surface area contributed by atoms with Gasteiger partial charge in [-0.05, 0) is 47.8 Å². The Morgan fingerprint density at radius 1 is 1.19 bits per heavy atom. The summed E-state index contributed by atoms with van der Waals surface area (Å²) in [5, 5.41) is 7.29. The molecular weight excluding hydrogens is 406 g/mol. The molecule has 0 unspecified atom stereocenters. The molecule has 0 aliphatic carbocycles. The number of piperidine rings is 1. The number of thiophene rings is 1. The number of nitrogens with two attached hydrogens (primary N) is 1. The molecule has 2 aromatic heterocycles. The number of rotatable bonds is 5. The molecule has 1 amide bonds. The van der Waals surface area contributed by atoms with Crippen LogP contribution in [-0.2, 0) is 6.42 Å². The second kappa shape index (κ2) is 8.24. The fourth-order valence-electron chi connectivity index (χ4n) is 4.20. The molecule has 4 N–H and O–H groups in total. The van der Waals surface area contributed by atoms with E-state index < -0.39 is 0 Å². The van der Waals surface area contributed by atoms with Gasteiger partial charge in [0, 0.05) is 42.8 Å². The number of aromatic nitrogens is 1. The van der Waals surface area contributed by atoms with E-state index in [1.165, 1.54) is 39.3 Å². The van der Waals surface area contributed by atoms with E-state index in [2.05, 4.69) is 39.9 Å². The van der Waals surface area contributed by atoms with Crippen molar-refractivity contribution >= 4 is 44.4 Å². The average Bonchev–Trinajstić information content (AvgIpc) is 3.35. The van der Waals surface area contributed by atoms with Gasteiger partial charge in [-0.15, -0.1) is 11.3 Å². The Balaban J connectivity index is 1.21. The van der Waals surface area contributed by atoms with Crippen molar-refractivity contribution < 1.29 is 4.79 Å². The van der Waals surface area contributed by atoms with Crippen molar-refractivity contribution in [1.82, 2.24) is 15.6 Å². The first-order chi connectivity index (χ1) is 15.1. The van der Waals surface area contributed by atoms with Crippen molar-refractivity contribution in [1.29, 1.82) is 0 Å². The summed E-state index contributed by atoms with van der Waals surface area (Å²) >= 11 is 1.35. The van der Waals surface area contributed by atoms with Crippen LogP contribution in [0.25, 0.3) is 15.8 Å². The molecule has 0 saturated carbocycles. The fraction of sp³-hybridized carbons (Fsp3) is 0.292. The number of fused-ring (bicyclic) bond motifs is 2. The highest BCUT2D eigenvalue weighted by atomic mass is 32.1. The number of aryl methyl sites for hydroxylation is 1. The average molecular weight is 432 g/mol. The van der Waals surface area contributed by atoms with Gasteiger partial charge in [0.2, 0.25) is 0 Å². The van der Waals surface area contributed by atoms with Gasteiger partial charge in [0.25, 0.3) is 5.91 Å². The van der Waals surface area contributed by atoms with Gasteiger partial charge in [0.1, 0.15) is 9.71 Å². The smallest absolute Gasteiger partial charge is 0.263 e. The maximum absolute atomic E-state index is 12.6. The Bertz CT molecular complexity index is 1220. The third kappa shape index (κ3) is 3.86. The quantitative estimate of drug-likeness (QED) is 0.578. The molecule has 0 spiro atoms. The lowest BCUT2D eigenvalue weighted by Crippen LogP contribution is -2.29. The van der Waals surface area contributed by atoms with Crippen LogP contribution in [0.2, 0.25) is 0 Å². The van der Waals surface area contributed by atoms with Gasteiger partial charge in [-0.25, -0.2) is 4.98 Å². The van der Waals surface area contributed by atoms with Crippen molar-refractivity contribution in [3.8, 4) is 0 Å². The number of carbonyl (C=O) groups excluding carboxylic acids is 1. The van der Waals surface area contributed by atoms with Gasteiger partial charge < -0.3 is 16.4 Å². The molecular formula is C24H25N5OS. The Morgan fingerprint density at radius 2 is 2.03 bits per heavy atom. The number of hydrogen-bond donors (Lipinski definition) is 3. The van der Waals surface area contributed by atoms with E-state index >= 15 is 0 Å². The molecule has 31 heavy (non-hydrogen) atoms. The highest BCUT2D eigenvalue weighted by molar-refractivity contribution is 7.21. The SMILES string of the molecule is Cc1ccc2c(N)c(C(=O)NCCc3ccc(C4=C5CNCCC5=NC4)cc3)sc2n1. The maximum atomic E-state index is 12.6. The van der Waals surface area contributed by atoms with Crippen molar-refractivity contribution in [3.05, 3.63) is 63.7 Å². The van der Waals surface area contributed by atoms with Gasteiger partial charge >= 0.3 is 0 Å². The molecule has 2 aliphatic rings. The number of hydrogen-bond acceptors (Lipinski definition) is 6. The Hall–Kier alpha value is -3.03. The number of nitrogens with one attached hydrogen (secondary N) is 2. The van der Waals surface area contributed by atoms with Crippen molar-refractivity contribution in [2.24, 2.45) is 4.99 Å². The molecule has 2 aliphatic heterocycles. The summed E-state index contributed by atoms with van der Waals surface area (Å²) in [7, 11) is 0. The number of amides is 1. The molecule has 7 heteroatoms. The third-order valence-electron chi connectivity index (χ3n) is 5.92. The van der Waals surface area contributed by atoms with E-state index in [4.69, 9.17) is 10.7 Å². The highest BCUT2D eigenvalue weighted by Crippen LogP contribution is 2.32. The van der Waals surface area contributed by atoms with Crippen LogP contribution in [0.1, 0.15) is 32.9 Å². The van der Waals surface area contributed by atoms with Crippen LogP contribution in [0.15, 0.2) is 47.0 Å². The monoisotopic (exact) mass is 431 g/mol. The normalized spacial score (nSPS) is 15.8. The summed E-state index contributed by atoms with van der Waals surface area (Å²) in [6, 6.07) is 12.5. The summed E-state index contributed by atoms with van der Waals surface area (Å²) < 4.78 is 0. The highest BCUT2D eigenvalue weighted by Gasteiger charge is 2.22. The second-order valence-electron chi connectivity index (χ2n) is 8.00. The zero-order chi connectivity index (χ0) is 21.4. The van der Waals surface area contributed by atoms with Crippen molar-refractivity contribution in [2.45, 2.75) is 19.8 Å². The van der Waals surface area contributed by atoms with Gasteiger partial charge in [0.05, 0.1) is 12.2 Å². The molecule has 1 saturated heterocycles. The molecule has 0 radical (unpaired) electrons. The zero-order valence-corrected chi connectivity index (χ0v) is 18.3. The number of pyridine rings is 1. The van der Waals surface area contributed by atoms with Crippen LogP contribution in [0, 0.1) is 6.92 Å². The standard InChI is InChI=1S/C24H25N5OS/c1-14-2-7-17-21(25)22(31-24(17)29-14)23(30)27-11-8-15-3-5-16(6-4-15)18-13-28-20-9-10-26-12-19(18)20/h2-7,26H,8-13,25H2,1H3,(H,27,30). The minimum Gasteiger partial charge on any atom is -0.397 e. The second-order valence-corrected chi connectivity index (χ2v) is 9.00. The predicted molar refractivity (Wildman–Crippen MR) is 128 cm³/mol. The summed E-state index contributed by atoms with van der Waals surface area (Å²) in [6.45, 7) is 5.21.